The number of carbonyl (C=O) groups is 9. The van der Waals surface area contributed by atoms with Crippen molar-refractivity contribution < 1.29 is 80.4 Å². The van der Waals surface area contributed by atoms with Crippen LogP contribution in [0.2, 0.25) is 0 Å². The highest BCUT2D eigenvalue weighted by Gasteiger charge is 2.33. The predicted molar refractivity (Wildman–Crippen MR) is 206 cm³/mol. The highest BCUT2D eigenvalue weighted by atomic mass is 32.2. The molecular formula is C35H46N6O17S2. The zero-order chi connectivity index (χ0) is 45.8. The van der Waals surface area contributed by atoms with E-state index in [1.165, 1.54) is 38.1 Å². The number of rotatable bonds is 24. The summed E-state index contributed by atoms with van der Waals surface area (Å²) in [7, 11) is -7.62. The summed E-state index contributed by atoms with van der Waals surface area (Å²) < 4.78 is 52.1. The first-order chi connectivity index (χ1) is 27.9. The van der Waals surface area contributed by atoms with Crippen molar-refractivity contribution in [1.29, 1.82) is 0 Å². The molecule has 4 atom stereocenters. The number of Topliss-reactive ketones (excluding diaryl/α,β-unsaturated/α-hetero) is 1. The summed E-state index contributed by atoms with van der Waals surface area (Å²) in [6, 6.07) is 8.77. The number of nitrogens with one attached hydrogen (secondary N) is 6. The van der Waals surface area contributed by atoms with Crippen LogP contribution in [-0.4, -0.2) is 128 Å². The molecule has 330 valence electrons. The van der Waals surface area contributed by atoms with Crippen molar-refractivity contribution >= 4 is 73.3 Å². The van der Waals surface area contributed by atoms with E-state index in [4.69, 9.17) is 20.4 Å². The third kappa shape index (κ3) is 19.4. The minimum Gasteiger partial charge on any atom is -0.481 e. The maximum absolute atomic E-state index is 12.9. The number of benzene rings is 2. The smallest absolute Gasteiger partial charge is 0.326 e. The summed E-state index contributed by atoms with van der Waals surface area (Å²) in [5.74, 6) is -11.1. The lowest BCUT2D eigenvalue weighted by atomic mass is 10.0. The molecule has 2 rings (SSSR count). The average Bonchev–Trinajstić information content (AvgIpc) is 3.16. The molecule has 0 radical (unpaired) electrons. The maximum atomic E-state index is 12.9. The van der Waals surface area contributed by atoms with Crippen molar-refractivity contribution in [3.63, 3.8) is 0 Å². The van der Waals surface area contributed by atoms with Gasteiger partial charge in [0.15, 0.2) is 5.78 Å². The summed E-state index contributed by atoms with van der Waals surface area (Å²) >= 11 is 0. The first kappa shape index (κ1) is 51.7. The van der Waals surface area contributed by atoms with Crippen molar-refractivity contribution in [1.82, 2.24) is 30.7 Å². The van der Waals surface area contributed by atoms with E-state index in [2.05, 4.69) is 25.4 Å². The molecule has 2 aromatic rings. The number of carboxylic acids is 4. The average molecular weight is 887 g/mol. The van der Waals surface area contributed by atoms with Crippen molar-refractivity contribution in [3.8, 4) is 0 Å². The van der Waals surface area contributed by atoms with Crippen LogP contribution in [0.5, 0.6) is 0 Å². The van der Waals surface area contributed by atoms with Gasteiger partial charge in [-0.1, -0.05) is 50.2 Å². The molecule has 0 aliphatic carbocycles. The number of hydrogen-bond donors (Lipinski definition) is 10. The molecule has 0 saturated heterocycles. The minimum absolute atomic E-state index is 0.0302. The van der Waals surface area contributed by atoms with Gasteiger partial charge in [-0.05, 0) is 36.6 Å². The lowest BCUT2D eigenvalue weighted by Crippen LogP contribution is -2.59. The lowest BCUT2D eigenvalue weighted by molar-refractivity contribution is -0.147. The van der Waals surface area contributed by atoms with Crippen molar-refractivity contribution in [2.45, 2.75) is 80.4 Å². The van der Waals surface area contributed by atoms with Gasteiger partial charge in [0.1, 0.15) is 24.2 Å². The number of sulfonamides is 2. The van der Waals surface area contributed by atoms with Crippen LogP contribution < -0.4 is 30.7 Å². The Morgan fingerprint density at radius 1 is 0.550 bits per heavy atom. The van der Waals surface area contributed by atoms with Gasteiger partial charge < -0.3 is 41.7 Å². The van der Waals surface area contributed by atoms with Gasteiger partial charge in [0.25, 0.3) is 0 Å². The third-order valence-electron chi connectivity index (χ3n) is 7.62. The first-order valence-electron chi connectivity index (χ1n) is 17.5. The Morgan fingerprint density at radius 2 is 0.967 bits per heavy atom. The van der Waals surface area contributed by atoms with E-state index in [9.17, 15) is 60.0 Å². The Kier molecular flexibility index (Phi) is 21.2. The van der Waals surface area contributed by atoms with E-state index in [0.717, 1.165) is 6.92 Å². The predicted octanol–water partition coefficient (Wildman–Crippen LogP) is -1.99. The summed E-state index contributed by atoms with van der Waals surface area (Å²) in [6.45, 7) is 2.96. The van der Waals surface area contributed by atoms with Crippen LogP contribution in [0.25, 0.3) is 0 Å². The van der Waals surface area contributed by atoms with E-state index in [1.54, 1.807) is 36.4 Å². The molecule has 0 aliphatic heterocycles. The molecular weight excluding hydrogens is 841 g/mol. The van der Waals surface area contributed by atoms with Gasteiger partial charge in [0.2, 0.25) is 43.7 Å². The van der Waals surface area contributed by atoms with Crippen LogP contribution in [0.4, 0.5) is 0 Å². The number of ketones is 1. The topological polar surface area (TPSA) is 375 Å². The second kappa shape index (κ2) is 24.6. The fourth-order valence-electron chi connectivity index (χ4n) is 4.64. The highest BCUT2D eigenvalue weighted by Crippen LogP contribution is 2.09. The van der Waals surface area contributed by atoms with E-state index in [0.29, 0.717) is 0 Å². The van der Waals surface area contributed by atoms with Crippen molar-refractivity contribution in [3.05, 3.63) is 60.7 Å². The molecule has 0 unspecified atom stereocenters. The number of aliphatic carboxylic acids is 4. The Morgan fingerprint density at radius 3 is 1.35 bits per heavy atom. The van der Waals surface area contributed by atoms with Crippen LogP contribution >= 0.6 is 0 Å². The van der Waals surface area contributed by atoms with Gasteiger partial charge in [-0.3, -0.25) is 38.4 Å². The Balaban J connectivity index is 0.000000646. The second-order valence-corrected chi connectivity index (χ2v) is 16.4. The fraction of sp³-hybridized carbons (Fsp3) is 0.400. The maximum Gasteiger partial charge on any atom is 0.326 e. The van der Waals surface area contributed by atoms with Crippen LogP contribution in [0, 0.1) is 5.92 Å². The molecule has 0 aromatic heterocycles. The Bertz CT molecular complexity index is 1990. The summed E-state index contributed by atoms with van der Waals surface area (Å²) in [5.41, 5.74) is 0. The molecule has 2 aromatic carbocycles. The van der Waals surface area contributed by atoms with Gasteiger partial charge in [-0.15, -0.1) is 0 Å². The molecule has 0 fully saturated rings. The molecule has 0 heterocycles. The van der Waals surface area contributed by atoms with Gasteiger partial charge in [-0.25, -0.2) is 31.1 Å². The van der Waals surface area contributed by atoms with Crippen molar-refractivity contribution in [2.24, 2.45) is 5.92 Å². The van der Waals surface area contributed by atoms with Crippen LogP contribution in [0.3, 0.4) is 0 Å². The van der Waals surface area contributed by atoms with Crippen LogP contribution in [-0.2, 0) is 63.2 Å². The second-order valence-electron chi connectivity index (χ2n) is 12.9. The first-order valence-corrected chi connectivity index (χ1v) is 20.5. The van der Waals surface area contributed by atoms with E-state index in [-0.39, 0.29) is 9.79 Å². The molecule has 0 aliphatic rings. The van der Waals surface area contributed by atoms with E-state index >= 15 is 0 Å². The molecule has 0 spiro atoms. The molecule has 4 amide bonds. The number of amides is 4. The van der Waals surface area contributed by atoms with Gasteiger partial charge in [0, 0.05) is 13.3 Å². The number of carboxylic acid groups (broad SMARTS) is 4. The van der Waals surface area contributed by atoms with E-state index in [1.807, 2.05) is 5.32 Å². The summed E-state index contributed by atoms with van der Waals surface area (Å²) in [6.07, 6.45) is -2.86. The standard InChI is InChI=1S/C20H30N4O12.C15H16N2O5S2/c1-8(2)16(19(34)23-12(20(35)36)7-15(30)31)24-17(32)10(4-5-13(26)27)22-18(33)11(6-14(28)29)21-9(3)25;18-13(11-16-23(19,20)14-7-3-1-4-8-14)12-17-24(21,22)15-9-5-2-6-10-15/h8,10-12,16H,4-7H2,1-3H3,(H,21,25)(H,22,33)(H,23,34)(H,24,32)(H,26,27)(H,28,29)(H,30,31)(H,35,36);1-10,16-17H,11-12H2/t10-,11-,12-,16-;/m0./s1. The van der Waals surface area contributed by atoms with Gasteiger partial charge in [0.05, 0.1) is 35.7 Å². The molecule has 23 nitrogen and oxygen atoms in total. The van der Waals surface area contributed by atoms with Gasteiger partial charge >= 0.3 is 23.9 Å². The Hall–Kier alpha value is -6.31. The van der Waals surface area contributed by atoms with Gasteiger partial charge in [-0.2, -0.15) is 0 Å². The Labute approximate surface area is 343 Å². The number of carbonyl (C=O) groups excluding carboxylic acids is 5. The fourth-order valence-corrected chi connectivity index (χ4v) is 6.71. The van der Waals surface area contributed by atoms with Crippen LogP contribution in [0.1, 0.15) is 46.5 Å². The summed E-state index contributed by atoms with van der Waals surface area (Å²) in [5, 5.41) is 44.4. The van der Waals surface area contributed by atoms with Crippen molar-refractivity contribution in [2.75, 3.05) is 13.1 Å². The lowest BCUT2D eigenvalue weighted by Gasteiger charge is -2.27. The monoisotopic (exact) mass is 886 g/mol. The summed E-state index contributed by atoms with van der Waals surface area (Å²) in [4.78, 5) is 105. The largest absolute Gasteiger partial charge is 0.481 e. The quantitative estimate of drug-likeness (QED) is 0.0546. The third-order valence-corrected chi connectivity index (χ3v) is 10.5. The molecule has 0 bridgehead atoms. The highest BCUT2D eigenvalue weighted by molar-refractivity contribution is 7.89. The SMILES string of the molecule is CC(=O)N[C@@H](CC(=O)O)C(=O)N[C@@H](CCC(=O)O)C(=O)N[C@H](C(=O)N[C@@H](CC(=O)O)C(=O)O)C(C)C.O=C(CNS(=O)(=O)c1ccccc1)CNS(=O)(=O)c1ccccc1. The minimum atomic E-state index is -3.81. The molecule has 10 N–H and O–H groups in total. The molecule has 60 heavy (non-hydrogen) atoms. The zero-order valence-corrected chi connectivity index (χ0v) is 33.9. The normalized spacial score (nSPS) is 13.1. The molecule has 25 heteroatoms. The zero-order valence-electron chi connectivity index (χ0n) is 32.3. The van der Waals surface area contributed by atoms with E-state index < -0.39 is 142 Å². The molecule has 0 saturated carbocycles. The number of hydrogen-bond acceptors (Lipinski definition) is 13. The van der Waals surface area contributed by atoms with Crippen LogP contribution in [0.15, 0.2) is 70.5 Å².